The minimum Gasteiger partial charge on any atom is -0.436 e. The van der Waals surface area contributed by atoms with E-state index in [1.807, 2.05) is 13.0 Å². The molecule has 2 aromatic rings. The number of halogens is 2. The standard InChI is InChI=1S/C14H15Cl2N3O/c1-3-6-18-13-10(15)8-11(16)14(19-13)20-12-5-4-7-17-9(12)2/h4-5,7-8H,3,6H2,1-2H3,(H,18,19). The topological polar surface area (TPSA) is 47.0 Å². The van der Waals surface area contributed by atoms with Crippen molar-refractivity contribution in [3.8, 4) is 11.6 Å². The number of pyridine rings is 2. The van der Waals surface area contributed by atoms with Crippen molar-refractivity contribution < 1.29 is 4.74 Å². The molecule has 20 heavy (non-hydrogen) atoms. The molecule has 0 bridgehead atoms. The Hall–Kier alpha value is -1.52. The van der Waals surface area contributed by atoms with E-state index >= 15 is 0 Å². The Balaban J connectivity index is 2.29. The van der Waals surface area contributed by atoms with Crippen LogP contribution in [0.5, 0.6) is 11.6 Å². The van der Waals surface area contributed by atoms with E-state index in [9.17, 15) is 0 Å². The average molecular weight is 312 g/mol. The van der Waals surface area contributed by atoms with Gasteiger partial charge in [0.1, 0.15) is 10.8 Å². The number of nitrogens with zero attached hydrogens (tertiary/aromatic N) is 2. The van der Waals surface area contributed by atoms with E-state index in [2.05, 4.69) is 22.2 Å². The van der Waals surface area contributed by atoms with Crippen molar-refractivity contribution >= 4 is 29.0 Å². The lowest BCUT2D eigenvalue weighted by atomic mass is 10.3. The molecule has 0 saturated carbocycles. The number of nitrogens with one attached hydrogen (secondary N) is 1. The Morgan fingerprint density at radius 3 is 2.80 bits per heavy atom. The SMILES string of the molecule is CCCNc1nc(Oc2cccnc2C)c(Cl)cc1Cl. The second-order valence-electron chi connectivity index (χ2n) is 4.22. The minimum atomic E-state index is 0.311. The third-order valence-electron chi connectivity index (χ3n) is 2.60. The minimum absolute atomic E-state index is 0.311. The highest BCUT2D eigenvalue weighted by molar-refractivity contribution is 6.36. The summed E-state index contributed by atoms with van der Waals surface area (Å²) in [7, 11) is 0. The van der Waals surface area contributed by atoms with Crippen LogP contribution in [0.2, 0.25) is 10.0 Å². The fraction of sp³-hybridized carbons (Fsp3) is 0.286. The Kier molecular flexibility index (Phi) is 5.04. The van der Waals surface area contributed by atoms with E-state index in [4.69, 9.17) is 27.9 Å². The quantitative estimate of drug-likeness (QED) is 0.869. The second-order valence-corrected chi connectivity index (χ2v) is 5.04. The highest BCUT2D eigenvalue weighted by atomic mass is 35.5. The molecule has 0 fully saturated rings. The predicted octanol–water partition coefficient (Wildman–Crippen LogP) is 4.71. The van der Waals surface area contributed by atoms with Crippen LogP contribution in [0.4, 0.5) is 5.82 Å². The summed E-state index contributed by atoms with van der Waals surface area (Å²) in [6.45, 7) is 4.70. The van der Waals surface area contributed by atoms with E-state index in [1.165, 1.54) is 0 Å². The summed E-state index contributed by atoms with van der Waals surface area (Å²) in [5.41, 5.74) is 0.767. The molecule has 106 valence electrons. The molecule has 0 amide bonds. The van der Waals surface area contributed by atoms with Crippen molar-refractivity contribution in [3.63, 3.8) is 0 Å². The van der Waals surface area contributed by atoms with Crippen LogP contribution < -0.4 is 10.1 Å². The van der Waals surface area contributed by atoms with E-state index in [1.54, 1.807) is 18.3 Å². The van der Waals surface area contributed by atoms with Crippen LogP contribution in [-0.2, 0) is 0 Å². The molecule has 2 aromatic heterocycles. The van der Waals surface area contributed by atoms with Gasteiger partial charge in [-0.1, -0.05) is 30.1 Å². The van der Waals surface area contributed by atoms with Crippen LogP contribution in [0, 0.1) is 6.92 Å². The Morgan fingerprint density at radius 1 is 1.30 bits per heavy atom. The predicted molar refractivity (Wildman–Crippen MR) is 82.1 cm³/mol. The number of aromatic nitrogens is 2. The van der Waals surface area contributed by atoms with Crippen LogP contribution in [0.25, 0.3) is 0 Å². The summed E-state index contributed by atoms with van der Waals surface area (Å²) >= 11 is 12.2. The van der Waals surface area contributed by atoms with Gasteiger partial charge in [-0.15, -0.1) is 0 Å². The first-order valence-corrected chi connectivity index (χ1v) is 7.06. The summed E-state index contributed by atoms with van der Waals surface area (Å²) in [5.74, 6) is 1.49. The second kappa shape index (κ2) is 6.77. The molecular weight excluding hydrogens is 297 g/mol. The van der Waals surface area contributed by atoms with E-state index in [-0.39, 0.29) is 0 Å². The number of hydrogen-bond acceptors (Lipinski definition) is 4. The van der Waals surface area contributed by atoms with E-state index in [0.29, 0.717) is 27.5 Å². The van der Waals surface area contributed by atoms with Crippen molar-refractivity contribution in [2.75, 3.05) is 11.9 Å². The van der Waals surface area contributed by atoms with Crippen molar-refractivity contribution in [1.82, 2.24) is 9.97 Å². The molecule has 0 aliphatic rings. The normalized spacial score (nSPS) is 10.4. The van der Waals surface area contributed by atoms with Crippen molar-refractivity contribution in [2.24, 2.45) is 0 Å². The monoisotopic (exact) mass is 311 g/mol. The molecule has 0 saturated heterocycles. The smallest absolute Gasteiger partial charge is 0.240 e. The number of rotatable bonds is 5. The average Bonchev–Trinajstić information content (AvgIpc) is 2.43. The third kappa shape index (κ3) is 3.52. The molecule has 0 unspecified atom stereocenters. The first-order valence-electron chi connectivity index (χ1n) is 6.31. The lowest BCUT2D eigenvalue weighted by molar-refractivity contribution is 0.457. The number of aryl methyl sites for hydroxylation is 1. The molecule has 0 radical (unpaired) electrons. The summed E-state index contributed by atoms with van der Waals surface area (Å²) in [6, 6.07) is 5.23. The molecule has 2 rings (SSSR count). The Labute approximate surface area is 128 Å². The first kappa shape index (κ1) is 14.9. The maximum Gasteiger partial charge on any atom is 0.240 e. The van der Waals surface area contributed by atoms with Gasteiger partial charge in [0.15, 0.2) is 5.75 Å². The molecule has 6 heteroatoms. The number of hydrogen-bond donors (Lipinski definition) is 1. The van der Waals surface area contributed by atoms with Crippen LogP contribution in [0.15, 0.2) is 24.4 Å². The zero-order chi connectivity index (χ0) is 14.5. The Morgan fingerprint density at radius 2 is 2.10 bits per heavy atom. The zero-order valence-electron chi connectivity index (χ0n) is 11.3. The van der Waals surface area contributed by atoms with Crippen molar-refractivity contribution in [3.05, 3.63) is 40.1 Å². The molecule has 0 aliphatic carbocycles. The zero-order valence-corrected chi connectivity index (χ0v) is 12.8. The molecule has 2 heterocycles. The van der Waals surface area contributed by atoms with Gasteiger partial charge in [0.25, 0.3) is 0 Å². The van der Waals surface area contributed by atoms with Crippen LogP contribution in [0.3, 0.4) is 0 Å². The lowest BCUT2D eigenvalue weighted by Crippen LogP contribution is -2.04. The summed E-state index contributed by atoms with van der Waals surface area (Å²) < 4.78 is 5.71. The summed E-state index contributed by atoms with van der Waals surface area (Å²) in [6.07, 6.45) is 2.67. The fourth-order valence-corrected chi connectivity index (χ4v) is 2.03. The molecular formula is C14H15Cl2N3O. The number of anilines is 1. The van der Waals surface area contributed by atoms with Gasteiger partial charge in [-0.25, -0.2) is 0 Å². The van der Waals surface area contributed by atoms with Crippen molar-refractivity contribution in [2.45, 2.75) is 20.3 Å². The van der Waals surface area contributed by atoms with Gasteiger partial charge in [0, 0.05) is 12.7 Å². The third-order valence-corrected chi connectivity index (χ3v) is 3.16. The highest BCUT2D eigenvalue weighted by Gasteiger charge is 2.12. The molecule has 0 aromatic carbocycles. The Bertz CT molecular complexity index is 605. The maximum absolute atomic E-state index is 6.12. The van der Waals surface area contributed by atoms with Gasteiger partial charge < -0.3 is 10.1 Å². The molecule has 4 nitrogen and oxygen atoms in total. The van der Waals surface area contributed by atoms with E-state index < -0.39 is 0 Å². The number of ether oxygens (including phenoxy) is 1. The van der Waals surface area contributed by atoms with Gasteiger partial charge in [0.05, 0.1) is 10.7 Å². The van der Waals surface area contributed by atoms with Gasteiger partial charge in [0.2, 0.25) is 5.88 Å². The molecule has 1 N–H and O–H groups in total. The molecule has 0 aliphatic heterocycles. The first-order chi connectivity index (χ1) is 9.61. The van der Waals surface area contributed by atoms with Crippen molar-refractivity contribution in [1.29, 1.82) is 0 Å². The van der Waals surface area contributed by atoms with Crippen LogP contribution >= 0.6 is 23.2 Å². The van der Waals surface area contributed by atoms with Gasteiger partial charge in [-0.2, -0.15) is 4.98 Å². The highest BCUT2D eigenvalue weighted by Crippen LogP contribution is 2.33. The molecule has 0 atom stereocenters. The van der Waals surface area contributed by atoms with Gasteiger partial charge in [-0.05, 0) is 31.5 Å². The summed E-state index contributed by atoms with van der Waals surface area (Å²) in [5, 5.41) is 3.97. The lowest BCUT2D eigenvalue weighted by Gasteiger charge is -2.12. The fourth-order valence-electron chi connectivity index (χ4n) is 1.57. The van der Waals surface area contributed by atoms with Gasteiger partial charge in [-0.3, -0.25) is 4.98 Å². The van der Waals surface area contributed by atoms with Crippen LogP contribution in [0.1, 0.15) is 19.0 Å². The van der Waals surface area contributed by atoms with Crippen LogP contribution in [-0.4, -0.2) is 16.5 Å². The summed E-state index contributed by atoms with van der Waals surface area (Å²) in [4.78, 5) is 8.48. The maximum atomic E-state index is 6.12. The van der Waals surface area contributed by atoms with Gasteiger partial charge >= 0.3 is 0 Å². The molecule has 0 spiro atoms. The largest absolute Gasteiger partial charge is 0.436 e. The van der Waals surface area contributed by atoms with E-state index in [0.717, 1.165) is 18.7 Å².